The topological polar surface area (TPSA) is 61.6 Å². The van der Waals surface area contributed by atoms with E-state index < -0.39 is 5.97 Å². The van der Waals surface area contributed by atoms with Gasteiger partial charge in [0.15, 0.2) is 0 Å². The molecule has 5 heteroatoms. The van der Waals surface area contributed by atoms with Gasteiger partial charge in [0.25, 0.3) is 0 Å². The molecule has 0 N–H and O–H groups in total. The van der Waals surface area contributed by atoms with Gasteiger partial charge in [-0.2, -0.15) is 0 Å². The number of carbonyl (C=O) groups excluding carboxylic acids is 1. The van der Waals surface area contributed by atoms with Gasteiger partial charge in [0.05, 0.1) is 18.4 Å². The van der Waals surface area contributed by atoms with E-state index in [0.29, 0.717) is 5.76 Å². The van der Waals surface area contributed by atoms with Crippen LogP contribution in [0.3, 0.4) is 0 Å². The zero-order chi connectivity index (χ0) is 15.2. The third-order valence-corrected chi connectivity index (χ3v) is 3.05. The van der Waals surface area contributed by atoms with Crippen LogP contribution in [0.4, 0.5) is 0 Å². The first-order chi connectivity index (χ1) is 10.1. The molecular formula is C16H17NO4. The molecule has 0 aliphatic carbocycles. The van der Waals surface area contributed by atoms with E-state index in [1.165, 1.54) is 6.08 Å². The number of hydrogen-bond acceptors (Lipinski definition) is 5. The molecule has 0 unspecified atom stereocenters. The average Bonchev–Trinajstić information content (AvgIpc) is 2.82. The van der Waals surface area contributed by atoms with Crippen molar-refractivity contribution in [3.63, 3.8) is 0 Å². The molecule has 0 aliphatic heterocycles. The summed E-state index contributed by atoms with van der Waals surface area (Å²) < 4.78 is 15.3. The van der Waals surface area contributed by atoms with Gasteiger partial charge in [0, 0.05) is 6.08 Å². The van der Waals surface area contributed by atoms with E-state index in [1.807, 2.05) is 31.2 Å². The van der Waals surface area contributed by atoms with E-state index in [2.05, 4.69) is 5.16 Å². The van der Waals surface area contributed by atoms with E-state index in [9.17, 15) is 4.79 Å². The van der Waals surface area contributed by atoms with Crippen LogP contribution in [0.5, 0.6) is 5.75 Å². The van der Waals surface area contributed by atoms with Gasteiger partial charge in [-0.1, -0.05) is 17.3 Å². The number of aromatic nitrogens is 1. The molecule has 2 rings (SSSR count). The maximum atomic E-state index is 11.7. The van der Waals surface area contributed by atoms with Gasteiger partial charge in [0.1, 0.15) is 18.1 Å². The molecule has 0 amide bonds. The van der Waals surface area contributed by atoms with Gasteiger partial charge >= 0.3 is 5.97 Å². The zero-order valence-electron chi connectivity index (χ0n) is 12.3. The van der Waals surface area contributed by atoms with Crippen LogP contribution in [0.1, 0.15) is 22.6 Å². The quantitative estimate of drug-likeness (QED) is 0.624. The monoisotopic (exact) mass is 287 g/mol. The molecule has 0 fully saturated rings. The minimum Gasteiger partial charge on any atom is -0.497 e. The molecule has 0 saturated carbocycles. The lowest BCUT2D eigenvalue weighted by atomic mass is 10.2. The first kappa shape index (κ1) is 14.8. The van der Waals surface area contributed by atoms with Crippen LogP contribution < -0.4 is 4.74 Å². The van der Waals surface area contributed by atoms with Crippen LogP contribution in [0.25, 0.3) is 6.08 Å². The summed E-state index contributed by atoms with van der Waals surface area (Å²) in [7, 11) is 1.60. The molecule has 2 aromatic rings. The van der Waals surface area contributed by atoms with Gasteiger partial charge in [-0.25, -0.2) is 4.79 Å². The minimum absolute atomic E-state index is 0.155. The molecule has 1 aromatic carbocycles. The van der Waals surface area contributed by atoms with E-state index in [0.717, 1.165) is 22.6 Å². The smallest absolute Gasteiger partial charge is 0.331 e. The van der Waals surface area contributed by atoms with Crippen molar-refractivity contribution in [1.29, 1.82) is 0 Å². The van der Waals surface area contributed by atoms with E-state index in [1.54, 1.807) is 20.1 Å². The summed E-state index contributed by atoms with van der Waals surface area (Å²) in [6, 6.07) is 7.40. The molecule has 0 radical (unpaired) electrons. The number of benzene rings is 1. The summed E-state index contributed by atoms with van der Waals surface area (Å²) in [5, 5.41) is 3.81. The first-order valence-corrected chi connectivity index (χ1v) is 6.51. The van der Waals surface area contributed by atoms with E-state index in [-0.39, 0.29) is 6.61 Å². The molecule has 0 aliphatic rings. The number of esters is 1. The molecule has 0 spiro atoms. The van der Waals surface area contributed by atoms with Gasteiger partial charge in [-0.05, 0) is 37.6 Å². The Morgan fingerprint density at radius 1 is 1.38 bits per heavy atom. The fourth-order valence-electron chi connectivity index (χ4n) is 1.81. The second kappa shape index (κ2) is 6.74. The van der Waals surface area contributed by atoms with Crippen LogP contribution in [0.2, 0.25) is 0 Å². The van der Waals surface area contributed by atoms with Crippen LogP contribution in [0, 0.1) is 13.8 Å². The standard InChI is InChI=1S/C16H17NO4/c1-11-15(12(2)21-17-11)10-20-16(18)8-7-13-5-4-6-14(9-13)19-3/h4-9H,10H2,1-3H3. The predicted molar refractivity (Wildman–Crippen MR) is 77.8 cm³/mol. The summed E-state index contributed by atoms with van der Waals surface area (Å²) in [6.07, 6.45) is 3.06. The summed E-state index contributed by atoms with van der Waals surface area (Å²) in [5.41, 5.74) is 2.40. The average molecular weight is 287 g/mol. The van der Waals surface area contributed by atoms with Crippen molar-refractivity contribution in [2.24, 2.45) is 0 Å². The van der Waals surface area contributed by atoms with Gasteiger partial charge in [-0.15, -0.1) is 0 Å². The maximum Gasteiger partial charge on any atom is 0.331 e. The number of carbonyl (C=O) groups is 1. The van der Waals surface area contributed by atoms with Crippen LogP contribution in [0.15, 0.2) is 34.9 Å². The maximum absolute atomic E-state index is 11.7. The van der Waals surface area contributed by atoms with E-state index >= 15 is 0 Å². The Bertz CT molecular complexity index is 639. The van der Waals surface area contributed by atoms with Gasteiger partial charge in [0.2, 0.25) is 0 Å². The number of ether oxygens (including phenoxy) is 2. The highest BCUT2D eigenvalue weighted by atomic mass is 16.5. The highest BCUT2D eigenvalue weighted by Gasteiger charge is 2.10. The fourth-order valence-corrected chi connectivity index (χ4v) is 1.81. The Labute approximate surface area is 123 Å². The van der Waals surface area contributed by atoms with E-state index in [4.69, 9.17) is 14.0 Å². The lowest BCUT2D eigenvalue weighted by molar-refractivity contribution is -0.138. The molecule has 0 bridgehead atoms. The summed E-state index contributed by atoms with van der Waals surface area (Å²) >= 11 is 0. The van der Waals surface area contributed by atoms with Crippen molar-refractivity contribution in [2.75, 3.05) is 7.11 Å². The molecule has 21 heavy (non-hydrogen) atoms. The van der Waals surface area contributed by atoms with Crippen LogP contribution >= 0.6 is 0 Å². The molecule has 0 saturated heterocycles. The highest BCUT2D eigenvalue weighted by Crippen LogP contribution is 2.15. The molecule has 110 valence electrons. The second-order valence-corrected chi connectivity index (χ2v) is 4.52. The Kier molecular flexibility index (Phi) is 4.77. The Morgan fingerprint density at radius 2 is 2.19 bits per heavy atom. The molecule has 1 heterocycles. The second-order valence-electron chi connectivity index (χ2n) is 4.52. The zero-order valence-corrected chi connectivity index (χ0v) is 12.3. The number of nitrogens with zero attached hydrogens (tertiary/aromatic N) is 1. The first-order valence-electron chi connectivity index (χ1n) is 6.51. The molecule has 1 aromatic heterocycles. The summed E-state index contributed by atoms with van der Waals surface area (Å²) in [5.74, 6) is 0.983. The van der Waals surface area contributed by atoms with Gasteiger partial charge < -0.3 is 14.0 Å². The van der Waals surface area contributed by atoms with Crippen molar-refractivity contribution in [2.45, 2.75) is 20.5 Å². The Hall–Kier alpha value is -2.56. The third-order valence-electron chi connectivity index (χ3n) is 3.05. The number of aryl methyl sites for hydroxylation is 2. The number of rotatable bonds is 5. The van der Waals surface area contributed by atoms with Crippen molar-refractivity contribution < 1.29 is 18.8 Å². The van der Waals surface area contributed by atoms with Gasteiger partial charge in [-0.3, -0.25) is 0 Å². The summed E-state index contributed by atoms with van der Waals surface area (Å²) in [4.78, 5) is 11.7. The molecule has 0 atom stereocenters. The van der Waals surface area contributed by atoms with Crippen LogP contribution in [-0.4, -0.2) is 18.2 Å². The highest BCUT2D eigenvalue weighted by molar-refractivity contribution is 5.87. The largest absolute Gasteiger partial charge is 0.497 e. The normalized spacial score (nSPS) is 10.8. The minimum atomic E-state index is -0.419. The Balaban J connectivity index is 1.93. The summed E-state index contributed by atoms with van der Waals surface area (Å²) in [6.45, 7) is 3.75. The fraction of sp³-hybridized carbons (Fsp3) is 0.250. The number of methoxy groups -OCH3 is 1. The van der Waals surface area contributed by atoms with Crippen molar-refractivity contribution in [1.82, 2.24) is 5.16 Å². The lowest BCUT2D eigenvalue weighted by Gasteiger charge is -2.02. The van der Waals surface area contributed by atoms with Crippen molar-refractivity contribution in [3.8, 4) is 5.75 Å². The SMILES string of the molecule is COc1cccc(C=CC(=O)OCc2c(C)noc2C)c1. The van der Waals surface area contributed by atoms with Crippen molar-refractivity contribution in [3.05, 3.63) is 52.9 Å². The predicted octanol–water partition coefficient (Wildman–Crippen LogP) is 3.06. The van der Waals surface area contributed by atoms with Crippen molar-refractivity contribution >= 4 is 12.0 Å². The number of hydrogen-bond donors (Lipinski definition) is 0. The third kappa shape index (κ3) is 3.95. The van der Waals surface area contributed by atoms with Crippen LogP contribution in [-0.2, 0) is 16.1 Å². The Morgan fingerprint density at radius 3 is 2.86 bits per heavy atom. The molecular weight excluding hydrogens is 270 g/mol. The lowest BCUT2D eigenvalue weighted by Crippen LogP contribution is -2.02. The molecule has 5 nitrogen and oxygen atoms in total.